The molecule has 7 nitrogen and oxygen atoms in total. The molecule has 0 aliphatic heterocycles. The van der Waals surface area contributed by atoms with E-state index in [1.807, 2.05) is 20.9 Å². The average molecular weight is 288 g/mol. The Balaban J connectivity index is 3.71. The molecule has 0 fully saturated rings. The smallest absolute Gasteiger partial charge is 0.239 e. The molecule has 20 heavy (non-hydrogen) atoms. The van der Waals surface area contributed by atoms with Gasteiger partial charge in [0.05, 0.1) is 19.2 Å². The largest absolute Gasteiger partial charge is 0.383 e. The number of hydrogen-bond donors (Lipinski definition) is 3. The van der Waals surface area contributed by atoms with Crippen molar-refractivity contribution in [2.45, 2.75) is 19.9 Å². The van der Waals surface area contributed by atoms with Gasteiger partial charge in [0.25, 0.3) is 0 Å². The summed E-state index contributed by atoms with van der Waals surface area (Å²) in [5, 5.41) is 5.26. The Morgan fingerprint density at radius 2 is 1.90 bits per heavy atom. The van der Waals surface area contributed by atoms with Crippen molar-refractivity contribution in [2.24, 2.45) is 11.7 Å². The number of hydrogen-bond acceptors (Lipinski definition) is 5. The summed E-state index contributed by atoms with van der Waals surface area (Å²) < 4.78 is 4.96. The van der Waals surface area contributed by atoms with Crippen LogP contribution in [0.5, 0.6) is 0 Å². The lowest BCUT2D eigenvalue weighted by Gasteiger charge is -2.17. The number of ether oxygens (including phenoxy) is 1. The Bertz CT molecular complexity index is 297. The Morgan fingerprint density at radius 3 is 2.45 bits per heavy atom. The maximum atomic E-state index is 11.6. The van der Waals surface area contributed by atoms with E-state index in [4.69, 9.17) is 10.5 Å². The molecule has 0 aromatic rings. The molecular formula is C13H28N4O3. The molecule has 118 valence electrons. The van der Waals surface area contributed by atoms with Crippen molar-refractivity contribution in [2.75, 3.05) is 46.9 Å². The average Bonchev–Trinajstić information content (AvgIpc) is 2.41. The summed E-state index contributed by atoms with van der Waals surface area (Å²) in [6, 6.07) is -0.581. The molecule has 0 rings (SSSR count). The lowest BCUT2D eigenvalue weighted by atomic mass is 10.1. The van der Waals surface area contributed by atoms with Gasteiger partial charge in [-0.25, -0.2) is 0 Å². The number of nitrogens with one attached hydrogen (secondary N) is 2. The van der Waals surface area contributed by atoms with Crippen LogP contribution >= 0.6 is 0 Å². The molecule has 0 saturated heterocycles. The fourth-order valence-electron chi connectivity index (χ4n) is 1.40. The van der Waals surface area contributed by atoms with E-state index in [9.17, 15) is 9.59 Å². The van der Waals surface area contributed by atoms with Gasteiger partial charge in [0.2, 0.25) is 11.8 Å². The predicted molar refractivity (Wildman–Crippen MR) is 78.2 cm³/mol. The molecule has 0 spiro atoms. The predicted octanol–water partition coefficient (Wildman–Crippen LogP) is -1.22. The van der Waals surface area contributed by atoms with Gasteiger partial charge in [0.15, 0.2) is 0 Å². The molecule has 0 aliphatic rings. The second-order valence-corrected chi connectivity index (χ2v) is 5.13. The van der Waals surface area contributed by atoms with Crippen LogP contribution in [0.1, 0.15) is 13.8 Å². The summed E-state index contributed by atoms with van der Waals surface area (Å²) in [5.41, 5.74) is 5.67. The molecule has 0 aliphatic carbocycles. The first kappa shape index (κ1) is 18.8. The maximum Gasteiger partial charge on any atom is 0.239 e. The monoisotopic (exact) mass is 288 g/mol. The number of nitrogens with two attached hydrogens (primary N) is 1. The molecule has 4 N–H and O–H groups in total. The van der Waals surface area contributed by atoms with Gasteiger partial charge in [-0.2, -0.15) is 0 Å². The summed E-state index contributed by atoms with van der Waals surface area (Å²) in [6.07, 6.45) is 0. The van der Waals surface area contributed by atoms with Gasteiger partial charge in [-0.15, -0.1) is 0 Å². The van der Waals surface area contributed by atoms with Gasteiger partial charge >= 0.3 is 0 Å². The fraction of sp³-hybridized carbons (Fsp3) is 0.846. The molecule has 0 unspecified atom stereocenters. The summed E-state index contributed by atoms with van der Waals surface area (Å²) in [7, 11) is 3.61. The highest BCUT2D eigenvalue weighted by atomic mass is 16.5. The number of methoxy groups -OCH3 is 1. The van der Waals surface area contributed by atoms with Crippen LogP contribution in [0.15, 0.2) is 0 Å². The quantitative estimate of drug-likeness (QED) is 0.468. The summed E-state index contributed by atoms with van der Waals surface area (Å²) >= 11 is 0. The van der Waals surface area contributed by atoms with Crippen molar-refractivity contribution in [3.63, 3.8) is 0 Å². The zero-order chi connectivity index (χ0) is 15.5. The van der Waals surface area contributed by atoms with Gasteiger partial charge in [-0.05, 0) is 13.0 Å². The van der Waals surface area contributed by atoms with Crippen LogP contribution in [0.3, 0.4) is 0 Å². The van der Waals surface area contributed by atoms with Crippen LogP contribution in [0.4, 0.5) is 0 Å². The van der Waals surface area contributed by atoms with Crippen molar-refractivity contribution in [1.82, 2.24) is 15.5 Å². The molecular weight excluding hydrogens is 260 g/mol. The van der Waals surface area contributed by atoms with Crippen LogP contribution in [-0.2, 0) is 14.3 Å². The Kier molecular flexibility index (Phi) is 9.96. The molecule has 0 heterocycles. The lowest BCUT2D eigenvalue weighted by molar-refractivity contribution is -0.127. The molecule has 0 saturated carbocycles. The van der Waals surface area contributed by atoms with E-state index in [-0.39, 0.29) is 24.3 Å². The standard InChI is InChI=1S/C13H28N4O3/c1-10(2)12(14)13(19)16-9-11(18)15-5-6-17(3)7-8-20-4/h10,12H,5-9,14H2,1-4H3,(H,15,18)(H,16,19)/t12-/m0/s1. The third-order valence-electron chi connectivity index (χ3n) is 2.94. The van der Waals surface area contributed by atoms with Crippen molar-refractivity contribution >= 4 is 11.8 Å². The van der Waals surface area contributed by atoms with Crippen molar-refractivity contribution in [3.05, 3.63) is 0 Å². The number of nitrogens with zero attached hydrogens (tertiary/aromatic N) is 1. The maximum absolute atomic E-state index is 11.6. The Hall–Kier alpha value is -1.18. The second-order valence-electron chi connectivity index (χ2n) is 5.13. The van der Waals surface area contributed by atoms with Crippen molar-refractivity contribution in [1.29, 1.82) is 0 Å². The van der Waals surface area contributed by atoms with E-state index in [1.54, 1.807) is 7.11 Å². The topological polar surface area (TPSA) is 96.7 Å². The molecule has 1 atom stereocenters. The third-order valence-corrected chi connectivity index (χ3v) is 2.94. The van der Waals surface area contributed by atoms with E-state index in [0.717, 1.165) is 13.1 Å². The van der Waals surface area contributed by atoms with Crippen molar-refractivity contribution < 1.29 is 14.3 Å². The van der Waals surface area contributed by atoms with E-state index in [2.05, 4.69) is 15.5 Å². The number of amides is 2. The first-order chi connectivity index (χ1) is 9.38. The van der Waals surface area contributed by atoms with Crippen LogP contribution in [-0.4, -0.2) is 69.7 Å². The Morgan fingerprint density at radius 1 is 1.25 bits per heavy atom. The minimum atomic E-state index is -0.581. The molecule has 0 aromatic carbocycles. The first-order valence-electron chi connectivity index (χ1n) is 6.86. The zero-order valence-electron chi connectivity index (χ0n) is 12.9. The van der Waals surface area contributed by atoms with Crippen LogP contribution < -0.4 is 16.4 Å². The van der Waals surface area contributed by atoms with Gasteiger partial charge in [0, 0.05) is 26.7 Å². The molecule has 0 bridgehead atoms. The minimum absolute atomic E-state index is 0.0406. The van der Waals surface area contributed by atoms with E-state index >= 15 is 0 Å². The third kappa shape index (κ3) is 8.84. The Labute approximate surface area is 121 Å². The van der Waals surface area contributed by atoms with Crippen LogP contribution in [0.2, 0.25) is 0 Å². The summed E-state index contributed by atoms with van der Waals surface area (Å²) in [4.78, 5) is 25.1. The van der Waals surface area contributed by atoms with Crippen molar-refractivity contribution in [3.8, 4) is 0 Å². The number of carbonyl (C=O) groups excluding carboxylic acids is 2. The molecule has 7 heteroatoms. The minimum Gasteiger partial charge on any atom is -0.383 e. The normalized spacial score (nSPS) is 12.6. The number of carbonyl (C=O) groups is 2. The van der Waals surface area contributed by atoms with E-state index < -0.39 is 6.04 Å². The highest BCUT2D eigenvalue weighted by molar-refractivity contribution is 5.87. The SMILES string of the molecule is COCCN(C)CCNC(=O)CNC(=O)[C@@H](N)C(C)C. The summed E-state index contributed by atoms with van der Waals surface area (Å²) in [5.74, 6) is -0.464. The van der Waals surface area contributed by atoms with Gasteiger partial charge in [-0.1, -0.05) is 13.8 Å². The summed E-state index contributed by atoms with van der Waals surface area (Å²) in [6.45, 7) is 6.42. The lowest BCUT2D eigenvalue weighted by Crippen LogP contribution is -2.47. The van der Waals surface area contributed by atoms with Gasteiger partial charge < -0.3 is 26.0 Å². The second kappa shape index (κ2) is 10.6. The van der Waals surface area contributed by atoms with Gasteiger partial charge in [-0.3, -0.25) is 9.59 Å². The first-order valence-corrected chi connectivity index (χ1v) is 6.86. The molecule has 0 radical (unpaired) electrons. The molecule has 0 aromatic heterocycles. The highest BCUT2D eigenvalue weighted by Crippen LogP contribution is 1.97. The highest BCUT2D eigenvalue weighted by Gasteiger charge is 2.17. The zero-order valence-corrected chi connectivity index (χ0v) is 12.9. The number of rotatable bonds is 10. The van der Waals surface area contributed by atoms with E-state index in [1.165, 1.54) is 0 Å². The van der Waals surface area contributed by atoms with Crippen LogP contribution in [0.25, 0.3) is 0 Å². The van der Waals surface area contributed by atoms with E-state index in [0.29, 0.717) is 13.2 Å². The van der Waals surface area contributed by atoms with Gasteiger partial charge in [0.1, 0.15) is 0 Å². The molecule has 2 amide bonds. The number of likely N-dealkylation sites (N-methyl/N-ethyl adjacent to an activating group) is 1. The van der Waals surface area contributed by atoms with Crippen LogP contribution in [0, 0.1) is 5.92 Å². The fourth-order valence-corrected chi connectivity index (χ4v) is 1.40.